The number of amides is 1. The quantitative estimate of drug-likeness (QED) is 0.524. The van der Waals surface area contributed by atoms with E-state index in [1.165, 1.54) is 37.4 Å². The zero-order valence-corrected chi connectivity index (χ0v) is 17.9. The molecular formula is C20H27ClN4O2S. The van der Waals surface area contributed by atoms with Crippen LogP contribution in [0.4, 0.5) is 0 Å². The summed E-state index contributed by atoms with van der Waals surface area (Å²) in [5.41, 5.74) is 0. The van der Waals surface area contributed by atoms with Gasteiger partial charge in [0.1, 0.15) is 5.75 Å². The third kappa shape index (κ3) is 5.88. The Balaban J connectivity index is 1.53. The summed E-state index contributed by atoms with van der Waals surface area (Å²) in [6.45, 7) is 1.91. The third-order valence-electron chi connectivity index (χ3n) is 4.89. The number of carbonyl (C=O) groups is 1. The number of hydrogen-bond donors (Lipinski definition) is 1. The Morgan fingerprint density at radius 2 is 2.07 bits per heavy atom. The van der Waals surface area contributed by atoms with Gasteiger partial charge in [-0.2, -0.15) is 0 Å². The fourth-order valence-electron chi connectivity index (χ4n) is 3.43. The Labute approximate surface area is 175 Å². The second-order valence-corrected chi connectivity index (χ2v) is 8.54. The molecule has 6 nitrogen and oxygen atoms in total. The normalized spacial score (nSPS) is 16.4. The second kappa shape index (κ2) is 10.2. The molecule has 1 heterocycles. The van der Waals surface area contributed by atoms with Crippen molar-refractivity contribution in [3.63, 3.8) is 0 Å². The van der Waals surface area contributed by atoms with E-state index in [9.17, 15) is 4.79 Å². The average Bonchev–Trinajstić information content (AvgIpc) is 2.85. The van der Waals surface area contributed by atoms with Gasteiger partial charge in [-0.05, 0) is 38.0 Å². The number of ether oxygens (including phenoxy) is 1. The summed E-state index contributed by atoms with van der Waals surface area (Å²) in [6.07, 6.45) is 6.84. The molecule has 1 aromatic carbocycles. The molecule has 8 heteroatoms. The van der Waals surface area contributed by atoms with Crippen LogP contribution in [0.5, 0.6) is 5.75 Å². The topological polar surface area (TPSA) is 69.0 Å². The average molecular weight is 423 g/mol. The first kappa shape index (κ1) is 21.0. The lowest BCUT2D eigenvalue weighted by atomic mass is 10.1. The summed E-state index contributed by atoms with van der Waals surface area (Å²) in [6, 6.07) is 7.58. The highest BCUT2D eigenvalue weighted by Crippen LogP contribution is 2.25. The third-order valence-corrected chi connectivity index (χ3v) is 6.15. The van der Waals surface area contributed by atoms with E-state index in [4.69, 9.17) is 16.3 Å². The van der Waals surface area contributed by atoms with Crippen molar-refractivity contribution in [1.82, 2.24) is 20.1 Å². The number of hydrogen-bond acceptors (Lipinski definition) is 5. The van der Waals surface area contributed by atoms with Crippen LogP contribution in [0.15, 0.2) is 29.4 Å². The molecule has 1 N–H and O–H groups in total. The minimum absolute atomic E-state index is 0.0599. The molecule has 0 bridgehead atoms. The molecule has 0 saturated heterocycles. The standard InChI is InChI=1S/C20H27ClN4O2S/c1-14(27-17-11-7-8-15(21)12-17)19-23-24-20(25(19)2)28-13-18(26)22-16-9-5-3-4-6-10-16/h7-8,11-12,14,16H,3-6,9-10,13H2,1-2H3,(H,22,26). The minimum Gasteiger partial charge on any atom is -0.483 e. The zero-order valence-electron chi connectivity index (χ0n) is 16.4. The van der Waals surface area contributed by atoms with Gasteiger partial charge >= 0.3 is 0 Å². The van der Waals surface area contributed by atoms with Gasteiger partial charge in [0.05, 0.1) is 5.75 Å². The maximum atomic E-state index is 12.3. The first-order valence-corrected chi connectivity index (χ1v) is 11.1. The number of aromatic nitrogens is 3. The molecule has 3 rings (SSSR count). The van der Waals surface area contributed by atoms with Crippen molar-refractivity contribution in [3.8, 4) is 5.75 Å². The summed E-state index contributed by atoms with van der Waals surface area (Å²) in [5, 5.41) is 12.9. The van der Waals surface area contributed by atoms with Crippen LogP contribution in [0.25, 0.3) is 0 Å². The lowest BCUT2D eigenvalue weighted by Gasteiger charge is -2.16. The van der Waals surface area contributed by atoms with E-state index < -0.39 is 0 Å². The monoisotopic (exact) mass is 422 g/mol. The maximum absolute atomic E-state index is 12.3. The van der Waals surface area contributed by atoms with Crippen molar-refractivity contribution < 1.29 is 9.53 Å². The molecular weight excluding hydrogens is 396 g/mol. The highest BCUT2D eigenvalue weighted by atomic mass is 35.5. The smallest absolute Gasteiger partial charge is 0.230 e. The van der Waals surface area contributed by atoms with Crippen LogP contribution in [-0.2, 0) is 11.8 Å². The number of thioether (sulfide) groups is 1. The largest absolute Gasteiger partial charge is 0.483 e. The van der Waals surface area contributed by atoms with Gasteiger partial charge in [0, 0.05) is 18.1 Å². The minimum atomic E-state index is -0.287. The Bertz CT molecular complexity index is 790. The fourth-order valence-corrected chi connectivity index (χ4v) is 4.34. The summed E-state index contributed by atoms with van der Waals surface area (Å²) in [4.78, 5) is 12.3. The molecule has 1 aliphatic carbocycles. The van der Waals surface area contributed by atoms with Crippen LogP contribution in [-0.4, -0.2) is 32.5 Å². The van der Waals surface area contributed by atoms with Gasteiger partial charge < -0.3 is 14.6 Å². The first-order chi connectivity index (χ1) is 13.5. The highest BCUT2D eigenvalue weighted by Gasteiger charge is 2.19. The molecule has 1 unspecified atom stereocenters. The zero-order chi connectivity index (χ0) is 19.9. The highest BCUT2D eigenvalue weighted by molar-refractivity contribution is 7.99. The lowest BCUT2D eigenvalue weighted by Crippen LogP contribution is -2.35. The van der Waals surface area contributed by atoms with Crippen LogP contribution >= 0.6 is 23.4 Å². The Hall–Kier alpha value is -1.73. The lowest BCUT2D eigenvalue weighted by molar-refractivity contribution is -0.119. The molecule has 1 aromatic heterocycles. The number of halogens is 1. The predicted molar refractivity (Wildman–Crippen MR) is 112 cm³/mol. The van der Waals surface area contributed by atoms with Gasteiger partial charge in [0.25, 0.3) is 0 Å². The van der Waals surface area contributed by atoms with Crippen LogP contribution in [0.3, 0.4) is 0 Å². The van der Waals surface area contributed by atoms with E-state index in [1.54, 1.807) is 12.1 Å². The first-order valence-electron chi connectivity index (χ1n) is 9.76. The van der Waals surface area contributed by atoms with Crippen LogP contribution < -0.4 is 10.1 Å². The molecule has 28 heavy (non-hydrogen) atoms. The molecule has 2 aromatic rings. The van der Waals surface area contributed by atoms with Crippen molar-refractivity contribution in [2.45, 2.75) is 62.8 Å². The molecule has 1 amide bonds. The molecule has 0 radical (unpaired) electrons. The SMILES string of the molecule is CC(Oc1cccc(Cl)c1)c1nnc(SCC(=O)NC2CCCCCC2)n1C. The molecule has 1 fully saturated rings. The summed E-state index contributed by atoms with van der Waals surface area (Å²) in [7, 11) is 1.89. The number of nitrogens with zero attached hydrogens (tertiary/aromatic N) is 3. The molecule has 152 valence electrons. The van der Waals surface area contributed by atoms with Gasteiger partial charge in [-0.3, -0.25) is 4.79 Å². The molecule has 0 spiro atoms. The van der Waals surface area contributed by atoms with E-state index in [0.29, 0.717) is 33.5 Å². The van der Waals surface area contributed by atoms with Crippen LogP contribution in [0.1, 0.15) is 57.4 Å². The summed E-state index contributed by atoms with van der Waals surface area (Å²) in [5.74, 6) is 1.78. The number of carbonyl (C=O) groups excluding carboxylic acids is 1. The van der Waals surface area contributed by atoms with Crippen molar-refractivity contribution in [2.75, 3.05) is 5.75 Å². The Morgan fingerprint density at radius 1 is 1.32 bits per heavy atom. The van der Waals surface area contributed by atoms with Gasteiger partial charge in [-0.1, -0.05) is 55.1 Å². The second-order valence-electron chi connectivity index (χ2n) is 7.16. The van der Waals surface area contributed by atoms with Gasteiger partial charge in [0.15, 0.2) is 17.1 Å². The van der Waals surface area contributed by atoms with Crippen molar-refractivity contribution in [3.05, 3.63) is 35.1 Å². The summed E-state index contributed by atoms with van der Waals surface area (Å²) < 4.78 is 7.79. The van der Waals surface area contributed by atoms with E-state index in [-0.39, 0.29) is 12.0 Å². The number of benzene rings is 1. The van der Waals surface area contributed by atoms with Gasteiger partial charge in [0.2, 0.25) is 5.91 Å². The predicted octanol–water partition coefficient (Wildman–Crippen LogP) is 4.54. The molecule has 1 saturated carbocycles. The van der Waals surface area contributed by atoms with Crippen LogP contribution in [0, 0.1) is 0 Å². The Kier molecular flexibility index (Phi) is 7.62. The number of nitrogens with one attached hydrogen (secondary N) is 1. The molecule has 1 atom stereocenters. The fraction of sp³-hybridized carbons (Fsp3) is 0.550. The van der Waals surface area contributed by atoms with E-state index >= 15 is 0 Å². The molecule has 1 aliphatic rings. The Morgan fingerprint density at radius 3 is 2.79 bits per heavy atom. The van der Waals surface area contributed by atoms with Crippen molar-refractivity contribution in [2.24, 2.45) is 7.05 Å². The maximum Gasteiger partial charge on any atom is 0.230 e. The van der Waals surface area contributed by atoms with E-state index in [1.807, 2.05) is 30.7 Å². The summed E-state index contributed by atoms with van der Waals surface area (Å²) >= 11 is 7.40. The van der Waals surface area contributed by atoms with Gasteiger partial charge in [-0.15, -0.1) is 10.2 Å². The van der Waals surface area contributed by atoms with E-state index in [0.717, 1.165) is 12.8 Å². The van der Waals surface area contributed by atoms with Crippen LogP contribution in [0.2, 0.25) is 5.02 Å². The van der Waals surface area contributed by atoms with Crippen molar-refractivity contribution >= 4 is 29.3 Å². The number of rotatable bonds is 7. The van der Waals surface area contributed by atoms with E-state index in [2.05, 4.69) is 15.5 Å². The molecule has 0 aliphatic heterocycles. The van der Waals surface area contributed by atoms with Crippen molar-refractivity contribution in [1.29, 1.82) is 0 Å². The van der Waals surface area contributed by atoms with Gasteiger partial charge in [-0.25, -0.2) is 0 Å².